The lowest BCUT2D eigenvalue weighted by Gasteiger charge is -2.15. The minimum absolute atomic E-state index is 0.183. The second-order valence-electron chi connectivity index (χ2n) is 5.62. The largest absolute Gasteiger partial charge is 0.496 e. The molecule has 0 bridgehead atoms. The smallest absolute Gasteiger partial charge is 0.342 e. The first-order valence-corrected chi connectivity index (χ1v) is 8.15. The van der Waals surface area contributed by atoms with E-state index in [1.54, 1.807) is 6.07 Å². The predicted octanol–water partition coefficient (Wildman–Crippen LogP) is 3.69. The van der Waals surface area contributed by atoms with Gasteiger partial charge in [0, 0.05) is 5.02 Å². The van der Waals surface area contributed by atoms with Crippen LogP contribution in [-0.4, -0.2) is 25.6 Å². The van der Waals surface area contributed by atoms with Gasteiger partial charge in [-0.25, -0.2) is 4.79 Å². The molecule has 2 aromatic carbocycles. The van der Waals surface area contributed by atoms with E-state index in [-0.39, 0.29) is 24.1 Å². The monoisotopic (exact) mass is 361 g/mol. The molecule has 0 saturated carbocycles. The second-order valence-corrected chi connectivity index (χ2v) is 6.06. The number of carbonyl (C=O) groups is 2. The molecule has 1 atom stereocenters. The van der Waals surface area contributed by atoms with Crippen molar-refractivity contribution in [3.63, 3.8) is 0 Å². The van der Waals surface area contributed by atoms with Crippen molar-refractivity contribution in [3.8, 4) is 5.75 Å². The fourth-order valence-electron chi connectivity index (χ4n) is 2.26. The molecule has 0 fully saturated rings. The Bertz CT molecular complexity index is 759. The van der Waals surface area contributed by atoms with Crippen molar-refractivity contribution in [3.05, 3.63) is 64.2 Å². The van der Waals surface area contributed by atoms with Gasteiger partial charge in [0.1, 0.15) is 11.3 Å². The van der Waals surface area contributed by atoms with Crippen LogP contribution in [0.2, 0.25) is 5.02 Å². The zero-order valence-corrected chi connectivity index (χ0v) is 15.1. The summed E-state index contributed by atoms with van der Waals surface area (Å²) in [6.07, 6.45) is 0. The zero-order chi connectivity index (χ0) is 18.4. The number of carbonyl (C=O) groups excluding carboxylic acids is 2. The van der Waals surface area contributed by atoms with Gasteiger partial charge in [-0.2, -0.15) is 0 Å². The molecule has 6 heteroatoms. The first-order valence-electron chi connectivity index (χ1n) is 7.77. The van der Waals surface area contributed by atoms with Crippen LogP contribution in [0, 0.1) is 6.92 Å². The lowest BCUT2D eigenvalue weighted by molar-refractivity contribution is -0.124. The van der Waals surface area contributed by atoms with Crippen LogP contribution in [0.1, 0.15) is 34.5 Å². The van der Waals surface area contributed by atoms with Crippen LogP contribution in [0.4, 0.5) is 0 Å². The highest BCUT2D eigenvalue weighted by atomic mass is 35.5. The van der Waals surface area contributed by atoms with Crippen molar-refractivity contribution >= 4 is 23.5 Å². The van der Waals surface area contributed by atoms with Gasteiger partial charge in [0.05, 0.1) is 13.2 Å². The van der Waals surface area contributed by atoms with Crippen LogP contribution in [0.3, 0.4) is 0 Å². The summed E-state index contributed by atoms with van der Waals surface area (Å²) in [5.74, 6) is -0.730. The average Bonchev–Trinajstić information content (AvgIpc) is 2.60. The van der Waals surface area contributed by atoms with Crippen molar-refractivity contribution in [2.75, 3.05) is 13.7 Å². The number of methoxy groups -OCH3 is 1. The molecule has 0 heterocycles. The summed E-state index contributed by atoms with van der Waals surface area (Å²) in [5.41, 5.74) is 2.34. The summed E-state index contributed by atoms with van der Waals surface area (Å²) < 4.78 is 10.2. The number of hydrogen-bond donors (Lipinski definition) is 1. The Morgan fingerprint density at radius 2 is 1.84 bits per heavy atom. The van der Waals surface area contributed by atoms with E-state index >= 15 is 0 Å². The summed E-state index contributed by atoms with van der Waals surface area (Å²) in [6.45, 7) is 3.49. The van der Waals surface area contributed by atoms with Gasteiger partial charge in [-0.3, -0.25) is 4.79 Å². The lowest BCUT2D eigenvalue weighted by Crippen LogP contribution is -2.31. The Balaban J connectivity index is 1.91. The number of ether oxygens (including phenoxy) is 2. The highest BCUT2D eigenvalue weighted by Gasteiger charge is 2.16. The van der Waals surface area contributed by atoms with Crippen LogP contribution < -0.4 is 10.1 Å². The normalized spacial score (nSPS) is 11.5. The molecule has 0 aliphatic heterocycles. The quantitative estimate of drug-likeness (QED) is 0.797. The molecule has 2 aromatic rings. The Morgan fingerprint density at radius 3 is 2.48 bits per heavy atom. The minimum Gasteiger partial charge on any atom is -0.496 e. The van der Waals surface area contributed by atoms with Gasteiger partial charge >= 0.3 is 5.97 Å². The zero-order valence-electron chi connectivity index (χ0n) is 14.3. The number of hydrogen-bond acceptors (Lipinski definition) is 4. The van der Waals surface area contributed by atoms with E-state index in [9.17, 15) is 9.59 Å². The summed E-state index contributed by atoms with van der Waals surface area (Å²) in [7, 11) is 1.43. The van der Waals surface area contributed by atoms with E-state index in [0.717, 1.165) is 11.1 Å². The Morgan fingerprint density at radius 1 is 1.16 bits per heavy atom. The van der Waals surface area contributed by atoms with Gasteiger partial charge in [0.2, 0.25) is 0 Å². The maximum atomic E-state index is 12.1. The second kappa shape index (κ2) is 8.53. The molecule has 132 valence electrons. The first kappa shape index (κ1) is 18.8. The van der Waals surface area contributed by atoms with Crippen LogP contribution >= 0.6 is 11.6 Å². The Labute approximate surface area is 151 Å². The number of rotatable bonds is 6. The van der Waals surface area contributed by atoms with Crippen molar-refractivity contribution < 1.29 is 19.1 Å². The number of amides is 1. The Kier molecular flexibility index (Phi) is 6.42. The molecular formula is C19H20ClNO4. The van der Waals surface area contributed by atoms with Gasteiger partial charge in [0.15, 0.2) is 6.61 Å². The van der Waals surface area contributed by atoms with Gasteiger partial charge < -0.3 is 14.8 Å². The molecule has 0 aromatic heterocycles. The van der Waals surface area contributed by atoms with E-state index in [1.165, 1.54) is 19.2 Å². The summed E-state index contributed by atoms with van der Waals surface area (Å²) in [5, 5.41) is 3.23. The molecule has 0 aliphatic rings. The molecule has 0 spiro atoms. The summed E-state index contributed by atoms with van der Waals surface area (Å²) in [6, 6.07) is 12.2. The third kappa shape index (κ3) is 5.22. The van der Waals surface area contributed by atoms with E-state index in [0.29, 0.717) is 10.8 Å². The van der Waals surface area contributed by atoms with Gasteiger partial charge in [-0.1, -0.05) is 41.4 Å². The van der Waals surface area contributed by atoms with E-state index in [2.05, 4.69) is 5.32 Å². The number of halogens is 1. The van der Waals surface area contributed by atoms with Gasteiger partial charge in [-0.05, 0) is 37.6 Å². The highest BCUT2D eigenvalue weighted by molar-refractivity contribution is 6.30. The maximum Gasteiger partial charge on any atom is 0.342 e. The van der Waals surface area contributed by atoms with Crippen molar-refractivity contribution in [1.82, 2.24) is 5.32 Å². The van der Waals surface area contributed by atoms with Crippen molar-refractivity contribution in [2.45, 2.75) is 19.9 Å². The van der Waals surface area contributed by atoms with Crippen LogP contribution in [0.5, 0.6) is 5.75 Å². The van der Waals surface area contributed by atoms with Crippen LogP contribution in [0.25, 0.3) is 0 Å². The standard InChI is InChI=1S/C19H20ClNO4/c1-12-4-6-14(7-5-12)13(2)21-18(22)11-25-19(23)16-9-8-15(20)10-17(16)24-3/h4-10,13H,11H2,1-3H3,(H,21,22)/t13-/m1/s1. The molecule has 0 aliphatic carbocycles. The fourth-order valence-corrected chi connectivity index (χ4v) is 2.43. The average molecular weight is 362 g/mol. The van der Waals surface area contributed by atoms with Gasteiger partial charge in [0.25, 0.3) is 5.91 Å². The molecule has 1 amide bonds. The molecule has 2 rings (SSSR count). The lowest BCUT2D eigenvalue weighted by atomic mass is 10.1. The molecular weight excluding hydrogens is 342 g/mol. The first-order chi connectivity index (χ1) is 11.9. The number of esters is 1. The van der Waals surface area contributed by atoms with Crippen molar-refractivity contribution in [1.29, 1.82) is 0 Å². The number of nitrogens with one attached hydrogen (secondary N) is 1. The van der Waals surface area contributed by atoms with E-state index in [4.69, 9.17) is 21.1 Å². The van der Waals surface area contributed by atoms with Gasteiger partial charge in [-0.15, -0.1) is 0 Å². The molecule has 0 radical (unpaired) electrons. The molecule has 25 heavy (non-hydrogen) atoms. The molecule has 5 nitrogen and oxygen atoms in total. The summed E-state index contributed by atoms with van der Waals surface area (Å²) >= 11 is 5.86. The fraction of sp³-hybridized carbons (Fsp3) is 0.263. The predicted molar refractivity (Wildman–Crippen MR) is 96.0 cm³/mol. The van der Waals surface area contributed by atoms with Crippen LogP contribution in [-0.2, 0) is 9.53 Å². The highest BCUT2D eigenvalue weighted by Crippen LogP contribution is 2.23. The molecule has 0 saturated heterocycles. The number of aryl methyl sites for hydroxylation is 1. The molecule has 1 N–H and O–H groups in total. The third-order valence-corrected chi connectivity index (χ3v) is 3.91. The maximum absolute atomic E-state index is 12.1. The third-order valence-electron chi connectivity index (χ3n) is 3.67. The number of benzene rings is 2. The minimum atomic E-state index is -0.647. The topological polar surface area (TPSA) is 64.6 Å². The summed E-state index contributed by atoms with van der Waals surface area (Å²) in [4.78, 5) is 24.1. The van der Waals surface area contributed by atoms with Crippen molar-refractivity contribution in [2.24, 2.45) is 0 Å². The van der Waals surface area contributed by atoms with E-state index in [1.807, 2.05) is 38.1 Å². The molecule has 0 unspecified atom stereocenters. The SMILES string of the molecule is COc1cc(Cl)ccc1C(=O)OCC(=O)N[C@H](C)c1ccc(C)cc1. The van der Waals surface area contributed by atoms with Crippen LogP contribution in [0.15, 0.2) is 42.5 Å². The Hall–Kier alpha value is -2.53. The van der Waals surface area contributed by atoms with E-state index < -0.39 is 5.97 Å².